The first kappa shape index (κ1) is 14.7. The number of morpholine rings is 1. The molecule has 5 heteroatoms. The average Bonchev–Trinajstić information content (AvgIpc) is 2.32. The third kappa shape index (κ3) is 3.57. The maximum atomic E-state index is 12.4. The predicted octanol–water partition coefficient (Wildman–Crippen LogP) is 1.04. The number of rotatable bonds is 1. The van der Waals surface area contributed by atoms with Crippen molar-refractivity contribution in [1.29, 1.82) is 0 Å². The van der Waals surface area contributed by atoms with Crippen LogP contribution in [0.5, 0.6) is 0 Å². The zero-order chi connectivity index (χ0) is 11.5. The maximum absolute atomic E-state index is 12.4. The molecule has 0 saturated carbocycles. The van der Waals surface area contributed by atoms with Crippen molar-refractivity contribution in [2.24, 2.45) is 5.92 Å². The van der Waals surface area contributed by atoms with Crippen molar-refractivity contribution in [3.05, 3.63) is 0 Å². The van der Waals surface area contributed by atoms with E-state index in [0.29, 0.717) is 12.5 Å². The van der Waals surface area contributed by atoms with Crippen LogP contribution in [0.1, 0.15) is 26.7 Å². The average molecular weight is 263 g/mol. The summed E-state index contributed by atoms with van der Waals surface area (Å²) in [6.07, 6.45) is 2.15. The molecule has 2 heterocycles. The molecular weight excluding hydrogens is 240 g/mol. The molecule has 2 aliphatic rings. The summed E-state index contributed by atoms with van der Waals surface area (Å²) in [5.41, 5.74) is 0. The Morgan fingerprint density at radius 3 is 2.59 bits per heavy atom. The van der Waals surface area contributed by atoms with E-state index in [1.54, 1.807) is 0 Å². The monoisotopic (exact) mass is 262 g/mol. The number of ether oxygens (including phenoxy) is 1. The number of hydrogen-bond donors (Lipinski definition) is 1. The van der Waals surface area contributed by atoms with Crippen LogP contribution in [-0.2, 0) is 9.53 Å². The molecule has 0 aromatic heterocycles. The van der Waals surface area contributed by atoms with E-state index >= 15 is 0 Å². The molecular formula is C12H23ClN2O2. The van der Waals surface area contributed by atoms with E-state index in [1.807, 2.05) is 11.8 Å². The standard InChI is InChI=1S/C12H22N2O2.ClH/c1-9-8-16-10(2)7-14(9)12(15)11-3-5-13-6-4-11;/h9-11,13H,3-8H2,1-2H3;1H. The van der Waals surface area contributed by atoms with Crippen molar-refractivity contribution in [1.82, 2.24) is 10.2 Å². The Balaban J connectivity index is 0.00000144. The van der Waals surface area contributed by atoms with E-state index < -0.39 is 0 Å². The largest absolute Gasteiger partial charge is 0.375 e. The second-order valence-electron chi connectivity index (χ2n) is 5.01. The zero-order valence-electron chi connectivity index (χ0n) is 10.6. The van der Waals surface area contributed by atoms with Crippen LogP contribution in [0.25, 0.3) is 0 Å². The van der Waals surface area contributed by atoms with Crippen LogP contribution < -0.4 is 5.32 Å². The Morgan fingerprint density at radius 1 is 1.29 bits per heavy atom. The number of nitrogens with zero attached hydrogens (tertiary/aromatic N) is 1. The first-order valence-electron chi connectivity index (χ1n) is 6.31. The van der Waals surface area contributed by atoms with Crippen LogP contribution in [0.3, 0.4) is 0 Å². The van der Waals surface area contributed by atoms with Crippen molar-refractivity contribution >= 4 is 18.3 Å². The minimum absolute atomic E-state index is 0. The zero-order valence-corrected chi connectivity index (χ0v) is 11.5. The summed E-state index contributed by atoms with van der Waals surface area (Å²) in [7, 11) is 0. The van der Waals surface area contributed by atoms with E-state index in [0.717, 1.165) is 32.5 Å². The van der Waals surface area contributed by atoms with Gasteiger partial charge in [0.05, 0.1) is 18.8 Å². The topological polar surface area (TPSA) is 41.6 Å². The second-order valence-corrected chi connectivity index (χ2v) is 5.01. The summed E-state index contributed by atoms with van der Waals surface area (Å²) < 4.78 is 5.55. The highest BCUT2D eigenvalue weighted by Gasteiger charge is 2.32. The lowest BCUT2D eigenvalue weighted by atomic mass is 9.95. The summed E-state index contributed by atoms with van der Waals surface area (Å²) in [5, 5.41) is 3.30. The smallest absolute Gasteiger partial charge is 0.226 e. The number of halogens is 1. The third-order valence-electron chi connectivity index (χ3n) is 3.58. The number of nitrogens with one attached hydrogen (secondary N) is 1. The molecule has 2 rings (SSSR count). The van der Waals surface area contributed by atoms with Gasteiger partial charge in [0.2, 0.25) is 5.91 Å². The van der Waals surface area contributed by atoms with Crippen LogP contribution >= 0.6 is 12.4 Å². The Bertz CT molecular complexity index is 257. The molecule has 2 unspecified atom stereocenters. The fourth-order valence-corrected chi connectivity index (χ4v) is 2.51. The lowest BCUT2D eigenvalue weighted by Gasteiger charge is -2.39. The van der Waals surface area contributed by atoms with Crippen molar-refractivity contribution in [3.8, 4) is 0 Å². The molecule has 0 bridgehead atoms. The highest BCUT2D eigenvalue weighted by molar-refractivity contribution is 5.85. The number of piperidine rings is 1. The van der Waals surface area contributed by atoms with E-state index in [2.05, 4.69) is 12.2 Å². The molecule has 2 aliphatic heterocycles. The first-order chi connectivity index (χ1) is 7.68. The normalized spacial score (nSPS) is 30.8. The van der Waals surface area contributed by atoms with Gasteiger partial charge in [0.1, 0.15) is 0 Å². The van der Waals surface area contributed by atoms with Gasteiger partial charge >= 0.3 is 0 Å². The Labute approximate surface area is 109 Å². The summed E-state index contributed by atoms with van der Waals surface area (Å²) in [4.78, 5) is 14.4. The molecule has 2 fully saturated rings. The van der Waals surface area contributed by atoms with Gasteiger partial charge in [0, 0.05) is 12.5 Å². The first-order valence-corrected chi connectivity index (χ1v) is 6.31. The minimum atomic E-state index is 0. The van der Waals surface area contributed by atoms with Gasteiger partial charge in [-0.15, -0.1) is 12.4 Å². The van der Waals surface area contributed by atoms with Gasteiger partial charge in [-0.3, -0.25) is 4.79 Å². The van der Waals surface area contributed by atoms with Crippen LogP contribution in [0.4, 0.5) is 0 Å². The fourth-order valence-electron chi connectivity index (χ4n) is 2.51. The predicted molar refractivity (Wildman–Crippen MR) is 69.4 cm³/mol. The van der Waals surface area contributed by atoms with Gasteiger partial charge in [0.15, 0.2) is 0 Å². The molecule has 0 spiro atoms. The molecule has 0 aromatic carbocycles. The molecule has 2 atom stereocenters. The van der Waals surface area contributed by atoms with Crippen molar-refractivity contribution < 1.29 is 9.53 Å². The molecule has 100 valence electrons. The highest BCUT2D eigenvalue weighted by Crippen LogP contribution is 2.20. The third-order valence-corrected chi connectivity index (χ3v) is 3.58. The Hall–Kier alpha value is -0.320. The van der Waals surface area contributed by atoms with Crippen LogP contribution in [0.2, 0.25) is 0 Å². The molecule has 4 nitrogen and oxygen atoms in total. The summed E-state index contributed by atoms with van der Waals surface area (Å²) in [5.74, 6) is 0.568. The molecule has 0 radical (unpaired) electrons. The molecule has 1 amide bonds. The van der Waals surface area contributed by atoms with E-state index in [4.69, 9.17) is 4.74 Å². The van der Waals surface area contributed by atoms with Gasteiger partial charge < -0.3 is 15.0 Å². The van der Waals surface area contributed by atoms with E-state index in [9.17, 15) is 4.79 Å². The number of carbonyl (C=O) groups excluding carboxylic acids is 1. The van der Waals surface area contributed by atoms with Gasteiger partial charge in [-0.1, -0.05) is 0 Å². The number of carbonyl (C=O) groups is 1. The quantitative estimate of drug-likeness (QED) is 0.768. The lowest BCUT2D eigenvalue weighted by molar-refractivity contribution is -0.148. The second kappa shape index (κ2) is 6.57. The molecule has 17 heavy (non-hydrogen) atoms. The van der Waals surface area contributed by atoms with Gasteiger partial charge in [-0.2, -0.15) is 0 Å². The molecule has 0 aromatic rings. The van der Waals surface area contributed by atoms with Crippen LogP contribution in [0.15, 0.2) is 0 Å². The Kier molecular flexibility index (Phi) is 5.70. The molecule has 2 saturated heterocycles. The summed E-state index contributed by atoms with van der Waals surface area (Å²) in [6, 6.07) is 0.235. The van der Waals surface area contributed by atoms with E-state index in [-0.39, 0.29) is 30.5 Å². The van der Waals surface area contributed by atoms with Gasteiger partial charge in [-0.05, 0) is 39.8 Å². The minimum Gasteiger partial charge on any atom is -0.375 e. The van der Waals surface area contributed by atoms with Gasteiger partial charge in [0.25, 0.3) is 0 Å². The number of hydrogen-bond acceptors (Lipinski definition) is 3. The lowest BCUT2D eigenvalue weighted by Crippen LogP contribution is -2.53. The van der Waals surface area contributed by atoms with E-state index in [1.165, 1.54) is 0 Å². The fraction of sp³-hybridized carbons (Fsp3) is 0.917. The van der Waals surface area contributed by atoms with Crippen molar-refractivity contribution in [2.45, 2.75) is 38.8 Å². The van der Waals surface area contributed by atoms with Crippen molar-refractivity contribution in [3.63, 3.8) is 0 Å². The van der Waals surface area contributed by atoms with Crippen LogP contribution in [0, 0.1) is 5.92 Å². The number of amides is 1. The highest BCUT2D eigenvalue weighted by atomic mass is 35.5. The summed E-state index contributed by atoms with van der Waals surface area (Å²) in [6.45, 7) is 7.50. The maximum Gasteiger partial charge on any atom is 0.226 e. The van der Waals surface area contributed by atoms with Gasteiger partial charge in [-0.25, -0.2) is 0 Å². The molecule has 1 N–H and O–H groups in total. The Morgan fingerprint density at radius 2 is 1.94 bits per heavy atom. The molecule has 0 aliphatic carbocycles. The van der Waals surface area contributed by atoms with Crippen molar-refractivity contribution in [2.75, 3.05) is 26.2 Å². The SMILES string of the molecule is CC1CN(C(=O)C2CCNCC2)C(C)CO1.Cl. The summed E-state index contributed by atoms with van der Waals surface area (Å²) >= 11 is 0. The van der Waals surface area contributed by atoms with Crippen LogP contribution in [-0.4, -0.2) is 49.2 Å².